The second-order valence-electron chi connectivity index (χ2n) is 6.43. The standard InChI is InChI=1S/C16H31N3O/c17-8-4-9-18-10-5-11-19(13-12-18)16(20)14-15-6-2-1-3-7-15/h15H,1-14,17H2. The summed E-state index contributed by atoms with van der Waals surface area (Å²) in [6.07, 6.45) is 9.52. The minimum absolute atomic E-state index is 0.401. The first-order valence-electron chi connectivity index (χ1n) is 8.50. The minimum atomic E-state index is 0.401. The second-order valence-corrected chi connectivity index (χ2v) is 6.43. The molecule has 4 nitrogen and oxygen atoms in total. The number of nitrogens with two attached hydrogens (primary N) is 1. The lowest BCUT2D eigenvalue weighted by Gasteiger charge is -2.26. The highest BCUT2D eigenvalue weighted by Crippen LogP contribution is 2.27. The van der Waals surface area contributed by atoms with Crippen molar-refractivity contribution in [2.75, 3.05) is 39.3 Å². The van der Waals surface area contributed by atoms with Gasteiger partial charge in [-0.1, -0.05) is 19.3 Å². The van der Waals surface area contributed by atoms with Crippen LogP contribution in [-0.4, -0.2) is 55.0 Å². The van der Waals surface area contributed by atoms with Crippen molar-refractivity contribution in [1.29, 1.82) is 0 Å². The van der Waals surface area contributed by atoms with E-state index in [1.54, 1.807) is 0 Å². The van der Waals surface area contributed by atoms with Crippen molar-refractivity contribution in [3.05, 3.63) is 0 Å². The van der Waals surface area contributed by atoms with E-state index in [4.69, 9.17) is 5.73 Å². The van der Waals surface area contributed by atoms with Crippen LogP contribution in [0.15, 0.2) is 0 Å². The maximum Gasteiger partial charge on any atom is 0.222 e. The van der Waals surface area contributed by atoms with Crippen LogP contribution in [0.5, 0.6) is 0 Å². The van der Waals surface area contributed by atoms with Gasteiger partial charge in [-0.15, -0.1) is 0 Å². The second kappa shape index (κ2) is 8.63. The van der Waals surface area contributed by atoms with Gasteiger partial charge >= 0.3 is 0 Å². The fourth-order valence-corrected chi connectivity index (χ4v) is 3.53. The van der Waals surface area contributed by atoms with Crippen LogP contribution >= 0.6 is 0 Å². The Hall–Kier alpha value is -0.610. The van der Waals surface area contributed by atoms with Crippen LogP contribution in [0.4, 0.5) is 0 Å². The van der Waals surface area contributed by atoms with E-state index in [1.807, 2.05) is 0 Å². The lowest BCUT2D eigenvalue weighted by atomic mass is 9.86. The molecule has 1 aliphatic heterocycles. The Kier molecular flexibility index (Phi) is 6.80. The topological polar surface area (TPSA) is 49.6 Å². The monoisotopic (exact) mass is 281 g/mol. The molecule has 2 N–H and O–H groups in total. The molecule has 2 fully saturated rings. The molecule has 0 unspecified atom stereocenters. The van der Waals surface area contributed by atoms with Crippen molar-refractivity contribution in [3.8, 4) is 0 Å². The third kappa shape index (κ3) is 5.06. The molecule has 1 amide bonds. The summed E-state index contributed by atoms with van der Waals surface area (Å²) >= 11 is 0. The smallest absolute Gasteiger partial charge is 0.222 e. The predicted molar refractivity (Wildman–Crippen MR) is 82.5 cm³/mol. The quantitative estimate of drug-likeness (QED) is 0.836. The summed E-state index contributed by atoms with van der Waals surface area (Å²) in [7, 11) is 0. The van der Waals surface area contributed by atoms with Gasteiger partial charge < -0.3 is 15.5 Å². The highest BCUT2D eigenvalue weighted by atomic mass is 16.2. The lowest BCUT2D eigenvalue weighted by molar-refractivity contribution is -0.132. The molecule has 0 bridgehead atoms. The number of carbonyl (C=O) groups excluding carboxylic acids is 1. The number of amides is 1. The summed E-state index contributed by atoms with van der Waals surface area (Å²) < 4.78 is 0. The van der Waals surface area contributed by atoms with E-state index in [2.05, 4.69) is 9.80 Å². The Labute approximate surface area is 123 Å². The van der Waals surface area contributed by atoms with Crippen molar-refractivity contribution < 1.29 is 4.79 Å². The first kappa shape index (κ1) is 15.8. The minimum Gasteiger partial charge on any atom is -0.341 e. The fraction of sp³-hybridized carbons (Fsp3) is 0.938. The number of hydrogen-bond donors (Lipinski definition) is 1. The molecule has 0 atom stereocenters. The zero-order valence-corrected chi connectivity index (χ0v) is 12.9. The molecule has 1 heterocycles. The van der Waals surface area contributed by atoms with E-state index < -0.39 is 0 Å². The number of carbonyl (C=O) groups is 1. The zero-order chi connectivity index (χ0) is 14.2. The van der Waals surface area contributed by atoms with Gasteiger partial charge in [0.05, 0.1) is 0 Å². The van der Waals surface area contributed by atoms with Crippen LogP contribution in [0.3, 0.4) is 0 Å². The van der Waals surface area contributed by atoms with E-state index in [9.17, 15) is 4.79 Å². The van der Waals surface area contributed by atoms with E-state index in [0.717, 1.165) is 58.5 Å². The van der Waals surface area contributed by atoms with Gasteiger partial charge in [-0.2, -0.15) is 0 Å². The van der Waals surface area contributed by atoms with E-state index in [0.29, 0.717) is 11.8 Å². The van der Waals surface area contributed by atoms with Crippen LogP contribution in [0.25, 0.3) is 0 Å². The number of nitrogens with zero attached hydrogens (tertiary/aromatic N) is 2. The molecule has 4 heteroatoms. The Morgan fingerprint density at radius 2 is 1.80 bits per heavy atom. The summed E-state index contributed by atoms with van der Waals surface area (Å²) in [5.41, 5.74) is 5.57. The maximum absolute atomic E-state index is 12.4. The Morgan fingerprint density at radius 1 is 1.00 bits per heavy atom. The molecule has 1 saturated carbocycles. The van der Waals surface area contributed by atoms with Gasteiger partial charge in [-0.3, -0.25) is 4.79 Å². The van der Waals surface area contributed by atoms with Crippen LogP contribution in [-0.2, 0) is 4.79 Å². The molecule has 2 aliphatic rings. The van der Waals surface area contributed by atoms with E-state index >= 15 is 0 Å². The largest absolute Gasteiger partial charge is 0.341 e. The molecule has 0 radical (unpaired) electrons. The molecule has 0 aromatic carbocycles. The molecule has 116 valence electrons. The molecule has 1 aliphatic carbocycles. The average molecular weight is 281 g/mol. The normalized spacial score (nSPS) is 22.8. The summed E-state index contributed by atoms with van der Waals surface area (Å²) in [5.74, 6) is 1.06. The molecule has 2 rings (SSSR count). The van der Waals surface area contributed by atoms with E-state index in [-0.39, 0.29) is 0 Å². The summed E-state index contributed by atoms with van der Waals surface area (Å²) in [5, 5.41) is 0. The van der Waals surface area contributed by atoms with E-state index in [1.165, 1.54) is 32.1 Å². The first-order valence-corrected chi connectivity index (χ1v) is 8.50. The molecule has 0 spiro atoms. The Balaban J connectivity index is 1.72. The van der Waals surface area contributed by atoms with Crippen LogP contribution in [0.1, 0.15) is 51.4 Å². The van der Waals surface area contributed by atoms with Crippen molar-refractivity contribution in [1.82, 2.24) is 9.80 Å². The summed E-state index contributed by atoms with van der Waals surface area (Å²) in [6.45, 7) is 5.85. The van der Waals surface area contributed by atoms with Crippen LogP contribution < -0.4 is 5.73 Å². The van der Waals surface area contributed by atoms with Gasteiger partial charge in [0.15, 0.2) is 0 Å². The van der Waals surface area contributed by atoms with Crippen molar-refractivity contribution in [3.63, 3.8) is 0 Å². The van der Waals surface area contributed by atoms with Gasteiger partial charge in [-0.25, -0.2) is 0 Å². The highest BCUT2D eigenvalue weighted by molar-refractivity contribution is 5.76. The number of hydrogen-bond acceptors (Lipinski definition) is 3. The maximum atomic E-state index is 12.4. The molecule has 20 heavy (non-hydrogen) atoms. The highest BCUT2D eigenvalue weighted by Gasteiger charge is 2.22. The van der Waals surface area contributed by atoms with Crippen molar-refractivity contribution in [2.45, 2.75) is 51.4 Å². The molecule has 0 aromatic rings. The van der Waals surface area contributed by atoms with Crippen molar-refractivity contribution in [2.24, 2.45) is 11.7 Å². The molecule has 0 aromatic heterocycles. The molecule has 1 saturated heterocycles. The zero-order valence-electron chi connectivity index (χ0n) is 12.9. The van der Waals surface area contributed by atoms with Gasteiger partial charge in [0.1, 0.15) is 0 Å². The Bertz CT molecular complexity index is 289. The third-order valence-corrected chi connectivity index (χ3v) is 4.81. The van der Waals surface area contributed by atoms with Crippen molar-refractivity contribution >= 4 is 5.91 Å². The first-order chi connectivity index (χ1) is 9.79. The lowest BCUT2D eigenvalue weighted by Crippen LogP contribution is -2.36. The van der Waals surface area contributed by atoms with Gasteiger partial charge in [0.2, 0.25) is 5.91 Å². The van der Waals surface area contributed by atoms with Crippen LogP contribution in [0.2, 0.25) is 0 Å². The van der Waals surface area contributed by atoms with Crippen LogP contribution in [0, 0.1) is 5.92 Å². The summed E-state index contributed by atoms with van der Waals surface area (Å²) in [6, 6.07) is 0. The van der Waals surface area contributed by atoms with Gasteiger partial charge in [0.25, 0.3) is 0 Å². The SMILES string of the molecule is NCCCN1CCCN(C(=O)CC2CCCCC2)CC1. The Morgan fingerprint density at radius 3 is 2.55 bits per heavy atom. The average Bonchev–Trinajstić information content (AvgIpc) is 2.72. The third-order valence-electron chi connectivity index (χ3n) is 4.81. The van der Waals surface area contributed by atoms with Gasteiger partial charge in [0, 0.05) is 26.1 Å². The molecular formula is C16H31N3O. The predicted octanol–water partition coefficient (Wildman–Crippen LogP) is 1.84. The molecular weight excluding hydrogens is 250 g/mol. The fourth-order valence-electron chi connectivity index (χ4n) is 3.53. The van der Waals surface area contributed by atoms with Gasteiger partial charge in [-0.05, 0) is 51.2 Å². The number of rotatable bonds is 5. The summed E-state index contributed by atoms with van der Waals surface area (Å²) in [4.78, 5) is 17.0.